The first-order valence-electron chi connectivity index (χ1n) is 11.2. The van der Waals surface area contributed by atoms with Gasteiger partial charge in [-0.25, -0.2) is 15.0 Å². The van der Waals surface area contributed by atoms with E-state index in [4.69, 9.17) is 0 Å². The SMILES string of the molecule is CCCCc1cccc2cc([C@H](C)Nc3ncnc4scnc34)n(-c3ccccc3)c(=O)c12. The van der Waals surface area contributed by atoms with E-state index in [9.17, 15) is 4.79 Å². The number of para-hydroxylation sites is 1. The van der Waals surface area contributed by atoms with Gasteiger partial charge in [0.15, 0.2) is 5.82 Å². The van der Waals surface area contributed by atoms with Gasteiger partial charge in [0.1, 0.15) is 16.7 Å². The van der Waals surface area contributed by atoms with E-state index < -0.39 is 0 Å². The van der Waals surface area contributed by atoms with Crippen molar-refractivity contribution in [3.63, 3.8) is 0 Å². The Labute approximate surface area is 196 Å². The first-order valence-corrected chi connectivity index (χ1v) is 12.1. The first-order chi connectivity index (χ1) is 16.2. The normalized spacial score (nSPS) is 12.3. The van der Waals surface area contributed by atoms with E-state index in [1.807, 2.05) is 54.0 Å². The highest BCUT2D eigenvalue weighted by molar-refractivity contribution is 7.16. The van der Waals surface area contributed by atoms with Gasteiger partial charge in [-0.2, -0.15) is 0 Å². The molecule has 0 amide bonds. The molecule has 0 unspecified atom stereocenters. The van der Waals surface area contributed by atoms with E-state index >= 15 is 0 Å². The van der Waals surface area contributed by atoms with Crippen LogP contribution in [0.2, 0.25) is 0 Å². The summed E-state index contributed by atoms with van der Waals surface area (Å²) in [4.78, 5) is 27.9. The number of nitrogens with zero attached hydrogens (tertiary/aromatic N) is 4. The van der Waals surface area contributed by atoms with Gasteiger partial charge in [0.05, 0.1) is 16.9 Å². The van der Waals surface area contributed by atoms with Crippen molar-refractivity contribution in [1.82, 2.24) is 19.5 Å². The fourth-order valence-electron chi connectivity index (χ4n) is 4.27. The molecule has 5 rings (SSSR count). The smallest absolute Gasteiger partial charge is 0.263 e. The highest BCUT2D eigenvalue weighted by atomic mass is 32.1. The number of hydrogen-bond donors (Lipinski definition) is 1. The van der Waals surface area contributed by atoms with Crippen molar-refractivity contribution in [2.75, 3.05) is 5.32 Å². The van der Waals surface area contributed by atoms with Gasteiger partial charge in [0.25, 0.3) is 5.56 Å². The topological polar surface area (TPSA) is 72.7 Å². The molecule has 1 atom stereocenters. The van der Waals surface area contributed by atoms with Crippen molar-refractivity contribution in [3.05, 3.63) is 88.0 Å². The highest BCUT2D eigenvalue weighted by Crippen LogP contribution is 2.28. The third kappa shape index (κ3) is 4.00. The lowest BCUT2D eigenvalue weighted by Gasteiger charge is -2.22. The van der Waals surface area contributed by atoms with E-state index in [2.05, 4.69) is 39.3 Å². The number of unbranched alkanes of at least 4 members (excludes halogenated alkanes) is 1. The van der Waals surface area contributed by atoms with E-state index in [0.29, 0.717) is 5.82 Å². The van der Waals surface area contributed by atoms with Gasteiger partial charge >= 0.3 is 0 Å². The quantitative estimate of drug-likeness (QED) is 0.330. The number of pyridine rings is 1. The van der Waals surface area contributed by atoms with Crippen LogP contribution in [0.15, 0.2) is 71.2 Å². The second-order valence-electron chi connectivity index (χ2n) is 8.12. The third-order valence-electron chi connectivity index (χ3n) is 5.91. The number of nitrogens with one attached hydrogen (secondary N) is 1. The van der Waals surface area contributed by atoms with Gasteiger partial charge in [-0.15, -0.1) is 11.3 Å². The van der Waals surface area contributed by atoms with Crippen molar-refractivity contribution in [2.24, 2.45) is 0 Å². The van der Waals surface area contributed by atoms with Crippen molar-refractivity contribution >= 4 is 38.3 Å². The lowest BCUT2D eigenvalue weighted by Crippen LogP contribution is -2.26. The van der Waals surface area contributed by atoms with E-state index in [1.54, 1.807) is 11.8 Å². The van der Waals surface area contributed by atoms with Crippen LogP contribution in [-0.4, -0.2) is 19.5 Å². The fourth-order valence-corrected chi connectivity index (χ4v) is 4.90. The molecule has 3 heterocycles. The van der Waals surface area contributed by atoms with Crippen LogP contribution in [0.5, 0.6) is 0 Å². The zero-order chi connectivity index (χ0) is 22.8. The average molecular weight is 456 g/mol. The predicted molar refractivity (Wildman–Crippen MR) is 135 cm³/mol. The minimum Gasteiger partial charge on any atom is -0.360 e. The van der Waals surface area contributed by atoms with E-state index in [1.165, 1.54) is 11.3 Å². The van der Waals surface area contributed by atoms with Crippen LogP contribution >= 0.6 is 11.3 Å². The summed E-state index contributed by atoms with van der Waals surface area (Å²) in [6, 6.07) is 17.9. The van der Waals surface area contributed by atoms with Gasteiger partial charge in [-0.05, 0) is 48.9 Å². The van der Waals surface area contributed by atoms with E-state index in [0.717, 1.165) is 57.3 Å². The number of fused-ring (bicyclic) bond motifs is 2. The third-order valence-corrected chi connectivity index (χ3v) is 6.64. The van der Waals surface area contributed by atoms with Crippen LogP contribution in [0.1, 0.15) is 44.0 Å². The van der Waals surface area contributed by atoms with Gasteiger partial charge in [0, 0.05) is 11.4 Å². The van der Waals surface area contributed by atoms with Crippen molar-refractivity contribution in [1.29, 1.82) is 0 Å². The Kier molecular flexibility index (Phi) is 5.88. The Morgan fingerprint density at radius 2 is 1.91 bits per heavy atom. The average Bonchev–Trinajstić information content (AvgIpc) is 3.33. The monoisotopic (exact) mass is 455 g/mol. The molecule has 2 aromatic carbocycles. The zero-order valence-corrected chi connectivity index (χ0v) is 19.5. The molecule has 0 aliphatic heterocycles. The highest BCUT2D eigenvalue weighted by Gasteiger charge is 2.19. The first kappa shape index (κ1) is 21.3. The largest absolute Gasteiger partial charge is 0.360 e. The summed E-state index contributed by atoms with van der Waals surface area (Å²) in [7, 11) is 0. The molecule has 7 heteroatoms. The molecule has 0 saturated carbocycles. The predicted octanol–water partition coefficient (Wildman–Crippen LogP) is 5.91. The second-order valence-corrected chi connectivity index (χ2v) is 8.96. The Balaban J connectivity index is 1.69. The maximum atomic E-state index is 14.0. The van der Waals surface area contributed by atoms with Crippen LogP contribution in [-0.2, 0) is 6.42 Å². The molecule has 166 valence electrons. The number of anilines is 1. The number of aryl methyl sites for hydroxylation is 1. The summed E-state index contributed by atoms with van der Waals surface area (Å²) in [6.07, 6.45) is 4.58. The summed E-state index contributed by atoms with van der Waals surface area (Å²) in [5, 5.41) is 5.24. The Bertz CT molecular complexity index is 1480. The van der Waals surface area contributed by atoms with Crippen LogP contribution < -0.4 is 10.9 Å². The minimum atomic E-state index is -0.193. The molecular formula is C26H25N5OS. The lowest BCUT2D eigenvalue weighted by molar-refractivity contribution is 0.770. The zero-order valence-electron chi connectivity index (χ0n) is 18.7. The van der Waals surface area contributed by atoms with Gasteiger partial charge in [-0.1, -0.05) is 49.7 Å². The summed E-state index contributed by atoms with van der Waals surface area (Å²) < 4.78 is 1.83. The molecule has 0 bridgehead atoms. The molecule has 33 heavy (non-hydrogen) atoms. The maximum absolute atomic E-state index is 14.0. The molecule has 0 saturated heterocycles. The number of thiazole rings is 1. The summed E-state index contributed by atoms with van der Waals surface area (Å²) in [6.45, 7) is 4.21. The molecule has 3 aromatic heterocycles. The Morgan fingerprint density at radius 1 is 1.06 bits per heavy atom. The molecule has 0 fully saturated rings. The lowest BCUT2D eigenvalue weighted by atomic mass is 9.99. The maximum Gasteiger partial charge on any atom is 0.263 e. The fraction of sp³-hybridized carbons (Fsp3) is 0.231. The standard InChI is InChI=1S/C26H25N5OS/c1-3-4-9-18-10-8-11-19-14-21(31(26(32)22(18)19)20-12-6-5-7-13-20)17(2)30-24-23-25(28-15-27-24)33-16-29-23/h5-8,10-17H,3-4,9H2,1-2H3,(H,27,28,30)/t17-/m0/s1. The van der Waals surface area contributed by atoms with Crippen molar-refractivity contribution in [2.45, 2.75) is 39.2 Å². The number of aromatic nitrogens is 4. The van der Waals surface area contributed by atoms with Crippen LogP contribution in [0, 0.1) is 0 Å². The van der Waals surface area contributed by atoms with Crippen LogP contribution in [0.3, 0.4) is 0 Å². The Hall–Kier alpha value is -3.58. The second kappa shape index (κ2) is 9.11. The molecule has 0 spiro atoms. The van der Waals surface area contributed by atoms with Crippen molar-refractivity contribution in [3.8, 4) is 5.69 Å². The molecule has 0 aliphatic carbocycles. The Morgan fingerprint density at radius 3 is 2.73 bits per heavy atom. The summed E-state index contributed by atoms with van der Waals surface area (Å²) >= 11 is 1.48. The van der Waals surface area contributed by atoms with Crippen molar-refractivity contribution < 1.29 is 0 Å². The molecule has 6 nitrogen and oxygen atoms in total. The van der Waals surface area contributed by atoms with Crippen LogP contribution in [0.25, 0.3) is 26.8 Å². The molecule has 1 N–H and O–H groups in total. The number of benzene rings is 2. The molecule has 0 radical (unpaired) electrons. The molecular weight excluding hydrogens is 430 g/mol. The molecule has 5 aromatic rings. The minimum absolute atomic E-state index is 0.00976. The van der Waals surface area contributed by atoms with Crippen LogP contribution in [0.4, 0.5) is 5.82 Å². The van der Waals surface area contributed by atoms with Gasteiger partial charge < -0.3 is 5.32 Å². The number of rotatable bonds is 7. The summed E-state index contributed by atoms with van der Waals surface area (Å²) in [5.41, 5.74) is 5.34. The molecule has 0 aliphatic rings. The summed E-state index contributed by atoms with van der Waals surface area (Å²) in [5.74, 6) is 0.664. The van der Waals surface area contributed by atoms with Gasteiger partial charge in [-0.3, -0.25) is 9.36 Å². The van der Waals surface area contributed by atoms with Gasteiger partial charge in [0.2, 0.25) is 0 Å². The van der Waals surface area contributed by atoms with E-state index in [-0.39, 0.29) is 11.6 Å². The number of hydrogen-bond acceptors (Lipinski definition) is 6.